The number of nitrogens with zero attached hydrogens (tertiary/aromatic N) is 2. The molecule has 0 unspecified atom stereocenters. The summed E-state index contributed by atoms with van der Waals surface area (Å²) in [6.07, 6.45) is 0. The van der Waals surface area contributed by atoms with Crippen LogP contribution in [0.15, 0.2) is 0 Å². The Balaban J connectivity index is -0.000000239. The highest BCUT2D eigenvalue weighted by molar-refractivity contribution is 7.79. The summed E-state index contributed by atoms with van der Waals surface area (Å²) in [6.45, 7) is 0.927. The Bertz CT molecular complexity index is 359. The molecule has 128 valence electrons. The Hall–Kier alpha value is -1.67. The topological polar surface area (TPSA) is 221 Å². The van der Waals surface area contributed by atoms with E-state index >= 15 is 0 Å². The van der Waals surface area contributed by atoms with Gasteiger partial charge in [0.05, 0.1) is 13.2 Å². The molecular weight excluding hydrogens is 308 g/mol. The fourth-order valence-corrected chi connectivity index (χ4v) is 0.541. The number of hydrogen-bond donors (Lipinski definition) is 8. The van der Waals surface area contributed by atoms with E-state index in [-0.39, 0.29) is 25.1 Å². The van der Waals surface area contributed by atoms with Crippen molar-refractivity contribution in [2.24, 2.45) is 11.5 Å². The molecule has 0 aromatic heterocycles. The van der Waals surface area contributed by atoms with Crippen molar-refractivity contribution in [1.82, 2.24) is 9.80 Å². The molecule has 0 bridgehead atoms. The van der Waals surface area contributed by atoms with Gasteiger partial charge < -0.3 is 31.5 Å². The maximum absolute atomic E-state index is 8.74. The first-order valence-corrected chi connectivity index (χ1v) is 6.78. The van der Waals surface area contributed by atoms with E-state index in [1.165, 1.54) is 9.80 Å². The minimum atomic E-state index is -4.67. The largest absolute Gasteiger partial charge is 0.395 e. The third-order valence-corrected chi connectivity index (χ3v) is 1.69. The van der Waals surface area contributed by atoms with Crippen LogP contribution in [0.5, 0.6) is 0 Å². The van der Waals surface area contributed by atoms with E-state index in [0.29, 0.717) is 13.1 Å². The van der Waals surface area contributed by atoms with Crippen molar-refractivity contribution in [3.8, 4) is 0 Å². The van der Waals surface area contributed by atoms with Gasteiger partial charge in [0.1, 0.15) is 0 Å². The Kier molecular flexibility index (Phi) is 15.4. The molecule has 10 N–H and O–H groups in total. The molecule has 0 rings (SSSR count). The molecule has 0 aliphatic rings. The maximum Gasteiger partial charge on any atom is 0.394 e. The molecule has 0 fully saturated rings. The van der Waals surface area contributed by atoms with Crippen molar-refractivity contribution in [2.75, 3.05) is 40.4 Å². The fraction of sp³-hybridized carbons (Fsp3) is 0.750. The average Bonchev–Trinajstić information content (AvgIpc) is 2.28. The Labute approximate surface area is 123 Å². The number of hydrogen-bond acceptors (Lipinski definition) is 6. The summed E-state index contributed by atoms with van der Waals surface area (Å²) >= 11 is 0. The van der Waals surface area contributed by atoms with Gasteiger partial charge in [0, 0.05) is 27.2 Å². The monoisotopic (exact) mass is 332 g/mol. The van der Waals surface area contributed by atoms with Gasteiger partial charge >= 0.3 is 10.4 Å². The van der Waals surface area contributed by atoms with E-state index in [1.54, 1.807) is 14.1 Å². The first-order chi connectivity index (χ1) is 9.36. The summed E-state index contributed by atoms with van der Waals surface area (Å²) in [5.74, 6) is -0.0295. The zero-order valence-electron chi connectivity index (χ0n) is 11.9. The van der Waals surface area contributed by atoms with Crippen molar-refractivity contribution in [2.45, 2.75) is 0 Å². The van der Waals surface area contributed by atoms with E-state index in [9.17, 15) is 0 Å². The van der Waals surface area contributed by atoms with Gasteiger partial charge in [-0.05, 0) is 0 Å². The second-order valence-electron chi connectivity index (χ2n) is 3.51. The minimum absolute atomic E-state index is 0.0148. The van der Waals surface area contributed by atoms with Crippen molar-refractivity contribution >= 4 is 22.3 Å². The number of aliphatic hydroxyl groups excluding tert-OH is 2. The highest BCUT2D eigenvalue weighted by Gasteiger charge is 1.94. The number of aliphatic hydroxyl groups is 2. The second-order valence-corrected chi connectivity index (χ2v) is 4.40. The summed E-state index contributed by atoms with van der Waals surface area (Å²) in [7, 11) is -1.36. The Morgan fingerprint density at radius 2 is 1.14 bits per heavy atom. The lowest BCUT2D eigenvalue weighted by molar-refractivity contribution is 0.262. The van der Waals surface area contributed by atoms with Crippen LogP contribution < -0.4 is 11.5 Å². The van der Waals surface area contributed by atoms with Crippen LogP contribution in [-0.4, -0.2) is 89.9 Å². The molecule has 0 aliphatic carbocycles. The van der Waals surface area contributed by atoms with E-state index in [1.807, 2.05) is 0 Å². The van der Waals surface area contributed by atoms with E-state index in [0.717, 1.165) is 0 Å². The van der Waals surface area contributed by atoms with Gasteiger partial charge in [0.25, 0.3) is 0 Å². The average molecular weight is 332 g/mol. The van der Waals surface area contributed by atoms with E-state index in [2.05, 4.69) is 0 Å². The molecule has 0 radical (unpaired) electrons. The predicted octanol–water partition coefficient (Wildman–Crippen LogP) is -3.04. The lowest BCUT2D eigenvalue weighted by Gasteiger charge is -2.13. The summed E-state index contributed by atoms with van der Waals surface area (Å²) in [4.78, 5) is 2.92. The van der Waals surface area contributed by atoms with Gasteiger partial charge in [-0.1, -0.05) is 0 Å². The molecule has 21 heavy (non-hydrogen) atoms. The van der Waals surface area contributed by atoms with Crippen LogP contribution in [0.1, 0.15) is 0 Å². The number of nitrogens with two attached hydrogens (primary N) is 2. The number of likely N-dealkylation sites (N-methyl/N-ethyl adjacent to an activating group) is 2. The molecule has 0 spiro atoms. The van der Waals surface area contributed by atoms with Crippen LogP contribution in [-0.2, 0) is 10.4 Å². The van der Waals surface area contributed by atoms with Crippen molar-refractivity contribution in [3.63, 3.8) is 0 Å². The van der Waals surface area contributed by atoms with Gasteiger partial charge in [-0.25, -0.2) is 0 Å². The third kappa shape index (κ3) is 32.2. The standard InChI is InChI=1S/2C4H11N3O.H2O4S/c2*1-7(2-3-8)4(5)6;1-5(2,3)4/h2*8H,2-3H2,1H3,(H3,5,6);(H2,1,2,3,4). The van der Waals surface area contributed by atoms with Gasteiger partial charge in [-0.2, -0.15) is 8.42 Å². The molecular formula is C8H24N6O6S. The minimum Gasteiger partial charge on any atom is -0.395 e. The molecule has 12 nitrogen and oxygen atoms in total. The van der Waals surface area contributed by atoms with E-state index < -0.39 is 10.4 Å². The SMILES string of the molecule is CN(CCO)C(=N)N.CN(CCO)C(=N)N.O=S(=O)(O)O. The van der Waals surface area contributed by atoms with Crippen molar-refractivity contribution in [3.05, 3.63) is 0 Å². The Morgan fingerprint density at radius 3 is 1.19 bits per heavy atom. The van der Waals surface area contributed by atoms with Crippen LogP contribution in [0.3, 0.4) is 0 Å². The highest BCUT2D eigenvalue weighted by atomic mass is 32.3. The molecule has 0 aromatic rings. The fourth-order valence-electron chi connectivity index (χ4n) is 0.541. The van der Waals surface area contributed by atoms with Gasteiger partial charge in [-0.3, -0.25) is 19.9 Å². The van der Waals surface area contributed by atoms with Crippen molar-refractivity contribution in [1.29, 1.82) is 10.8 Å². The van der Waals surface area contributed by atoms with Gasteiger partial charge in [-0.15, -0.1) is 0 Å². The smallest absolute Gasteiger partial charge is 0.394 e. The van der Waals surface area contributed by atoms with Crippen LogP contribution in [0.4, 0.5) is 0 Å². The molecule has 0 saturated carbocycles. The number of nitrogens with one attached hydrogen (secondary N) is 2. The second kappa shape index (κ2) is 13.3. The number of guanidine groups is 2. The molecule has 0 atom stereocenters. The molecule has 0 saturated heterocycles. The summed E-state index contributed by atoms with van der Waals surface area (Å²) in [5.41, 5.74) is 10.0. The summed E-state index contributed by atoms with van der Waals surface area (Å²) in [6, 6.07) is 0. The van der Waals surface area contributed by atoms with E-state index in [4.69, 9.17) is 50.0 Å². The first-order valence-electron chi connectivity index (χ1n) is 5.38. The van der Waals surface area contributed by atoms with Crippen LogP contribution in [0.25, 0.3) is 0 Å². The molecule has 0 aromatic carbocycles. The van der Waals surface area contributed by atoms with Crippen LogP contribution in [0, 0.1) is 10.8 Å². The zero-order valence-corrected chi connectivity index (χ0v) is 12.7. The molecule has 0 aliphatic heterocycles. The third-order valence-electron chi connectivity index (χ3n) is 1.69. The summed E-state index contributed by atoms with van der Waals surface area (Å²) < 4.78 is 31.6. The predicted molar refractivity (Wildman–Crippen MR) is 77.4 cm³/mol. The molecule has 0 amide bonds. The zero-order chi connectivity index (χ0) is 17.6. The Morgan fingerprint density at radius 1 is 0.952 bits per heavy atom. The van der Waals surface area contributed by atoms with Gasteiger partial charge in [0.15, 0.2) is 11.9 Å². The lowest BCUT2D eigenvalue weighted by Crippen LogP contribution is -2.34. The lowest BCUT2D eigenvalue weighted by atomic mass is 10.6. The number of rotatable bonds is 4. The quantitative estimate of drug-likeness (QED) is 0.147. The first kappa shape index (κ1) is 24.4. The molecule has 13 heteroatoms. The van der Waals surface area contributed by atoms with Crippen molar-refractivity contribution < 1.29 is 27.7 Å². The van der Waals surface area contributed by atoms with Crippen LogP contribution in [0.2, 0.25) is 0 Å². The van der Waals surface area contributed by atoms with Crippen LogP contribution >= 0.6 is 0 Å². The maximum atomic E-state index is 8.74. The normalized spacial score (nSPS) is 9.43. The molecule has 0 heterocycles. The van der Waals surface area contributed by atoms with Gasteiger partial charge in [0.2, 0.25) is 0 Å². The summed E-state index contributed by atoms with van der Waals surface area (Å²) in [5, 5.41) is 30.2. The highest BCUT2D eigenvalue weighted by Crippen LogP contribution is 1.75.